The molecule has 134 valence electrons. The standard InChI is InChI=1S/C15H19F3N2O4/c1-2-20(6-7-21)13(22)9-12(19-14(23)24)10-4-3-5-11(8-10)15(16,17)18/h3-5,8,12,19,21H,2,6-7,9H2,1H3,(H,23,24). The second-order valence-electron chi connectivity index (χ2n) is 5.03. The van der Waals surface area contributed by atoms with E-state index in [0.29, 0.717) is 6.54 Å². The molecule has 1 unspecified atom stereocenters. The number of carbonyl (C=O) groups excluding carboxylic acids is 1. The van der Waals surface area contributed by atoms with E-state index < -0.39 is 29.8 Å². The first-order valence-electron chi connectivity index (χ1n) is 7.24. The number of hydrogen-bond acceptors (Lipinski definition) is 3. The molecule has 0 aliphatic heterocycles. The number of aliphatic hydroxyl groups is 1. The Balaban J connectivity index is 3.05. The Morgan fingerprint density at radius 2 is 2.00 bits per heavy atom. The van der Waals surface area contributed by atoms with Crippen molar-refractivity contribution in [2.75, 3.05) is 19.7 Å². The predicted octanol–water partition coefficient (Wildman–Crippen LogP) is 2.25. The van der Waals surface area contributed by atoms with Crippen molar-refractivity contribution < 1.29 is 33.0 Å². The highest BCUT2D eigenvalue weighted by molar-refractivity contribution is 5.78. The lowest BCUT2D eigenvalue weighted by Crippen LogP contribution is -2.37. The summed E-state index contributed by atoms with van der Waals surface area (Å²) in [5.41, 5.74) is -0.882. The van der Waals surface area contributed by atoms with E-state index in [2.05, 4.69) is 5.32 Å². The van der Waals surface area contributed by atoms with E-state index in [1.807, 2.05) is 0 Å². The van der Waals surface area contributed by atoms with Gasteiger partial charge in [0, 0.05) is 13.1 Å². The van der Waals surface area contributed by atoms with E-state index in [9.17, 15) is 22.8 Å². The molecule has 1 aromatic carbocycles. The number of alkyl halides is 3. The lowest BCUT2D eigenvalue weighted by atomic mass is 10.0. The van der Waals surface area contributed by atoms with Gasteiger partial charge in [-0.05, 0) is 24.6 Å². The Kier molecular flexibility index (Phi) is 7.02. The normalized spacial score (nSPS) is 12.5. The van der Waals surface area contributed by atoms with Gasteiger partial charge in [-0.25, -0.2) is 4.79 Å². The van der Waals surface area contributed by atoms with Gasteiger partial charge in [0.25, 0.3) is 0 Å². The fraction of sp³-hybridized carbons (Fsp3) is 0.467. The molecule has 2 amide bonds. The maximum Gasteiger partial charge on any atom is 0.416 e. The number of nitrogens with zero attached hydrogens (tertiary/aromatic N) is 1. The number of carbonyl (C=O) groups is 2. The zero-order chi connectivity index (χ0) is 18.3. The summed E-state index contributed by atoms with van der Waals surface area (Å²) in [6.45, 7) is 1.77. The molecule has 0 fully saturated rings. The summed E-state index contributed by atoms with van der Waals surface area (Å²) in [6.07, 6.45) is -6.36. The summed E-state index contributed by atoms with van der Waals surface area (Å²) in [7, 11) is 0. The minimum atomic E-state index is -4.57. The first-order valence-corrected chi connectivity index (χ1v) is 7.24. The van der Waals surface area contributed by atoms with Crippen molar-refractivity contribution >= 4 is 12.0 Å². The third kappa shape index (κ3) is 5.73. The third-order valence-corrected chi connectivity index (χ3v) is 3.40. The number of hydrogen-bond donors (Lipinski definition) is 3. The van der Waals surface area contributed by atoms with Crippen LogP contribution in [0, 0.1) is 0 Å². The highest BCUT2D eigenvalue weighted by Crippen LogP contribution is 2.31. The van der Waals surface area contributed by atoms with Crippen molar-refractivity contribution in [3.8, 4) is 0 Å². The number of amides is 2. The Morgan fingerprint density at radius 3 is 2.50 bits per heavy atom. The smallest absolute Gasteiger partial charge is 0.416 e. The minimum Gasteiger partial charge on any atom is -0.465 e. The monoisotopic (exact) mass is 348 g/mol. The van der Waals surface area contributed by atoms with Gasteiger partial charge in [-0.3, -0.25) is 4.79 Å². The van der Waals surface area contributed by atoms with Gasteiger partial charge in [-0.2, -0.15) is 13.2 Å². The summed E-state index contributed by atoms with van der Waals surface area (Å²) >= 11 is 0. The molecular weight excluding hydrogens is 329 g/mol. The van der Waals surface area contributed by atoms with Gasteiger partial charge in [0.05, 0.1) is 24.6 Å². The van der Waals surface area contributed by atoms with E-state index in [-0.39, 0.29) is 25.1 Å². The van der Waals surface area contributed by atoms with Crippen LogP contribution < -0.4 is 5.32 Å². The summed E-state index contributed by atoms with van der Waals surface area (Å²) in [6, 6.07) is 3.05. The lowest BCUT2D eigenvalue weighted by Gasteiger charge is -2.24. The van der Waals surface area contributed by atoms with Gasteiger partial charge >= 0.3 is 12.3 Å². The molecule has 9 heteroatoms. The van der Waals surface area contributed by atoms with E-state index in [1.165, 1.54) is 11.0 Å². The van der Waals surface area contributed by atoms with Crippen molar-refractivity contribution in [1.82, 2.24) is 10.2 Å². The molecule has 0 saturated heterocycles. The molecule has 0 saturated carbocycles. The Hall–Kier alpha value is -2.29. The number of aliphatic hydroxyl groups excluding tert-OH is 1. The van der Waals surface area contributed by atoms with Gasteiger partial charge in [-0.1, -0.05) is 12.1 Å². The molecule has 0 bridgehead atoms. The number of likely N-dealkylation sites (N-methyl/N-ethyl adjacent to an activating group) is 1. The first-order chi connectivity index (χ1) is 11.2. The molecule has 6 nitrogen and oxygen atoms in total. The molecular formula is C15H19F3N2O4. The van der Waals surface area contributed by atoms with Crippen molar-refractivity contribution in [3.63, 3.8) is 0 Å². The highest BCUT2D eigenvalue weighted by atomic mass is 19.4. The van der Waals surface area contributed by atoms with Crippen LogP contribution in [0.1, 0.15) is 30.5 Å². The molecule has 0 aliphatic carbocycles. The summed E-state index contributed by atoms with van der Waals surface area (Å²) in [4.78, 5) is 24.4. The zero-order valence-electron chi connectivity index (χ0n) is 13.0. The van der Waals surface area contributed by atoms with Crippen molar-refractivity contribution in [1.29, 1.82) is 0 Å². The predicted molar refractivity (Wildman–Crippen MR) is 79.3 cm³/mol. The Morgan fingerprint density at radius 1 is 1.33 bits per heavy atom. The van der Waals surface area contributed by atoms with Crippen LogP contribution in [0.15, 0.2) is 24.3 Å². The molecule has 0 aromatic heterocycles. The third-order valence-electron chi connectivity index (χ3n) is 3.40. The summed E-state index contributed by atoms with van der Waals surface area (Å²) < 4.78 is 38.4. The summed E-state index contributed by atoms with van der Waals surface area (Å²) in [5, 5.41) is 19.9. The molecule has 1 aromatic rings. The Bertz CT molecular complexity index is 578. The molecule has 1 rings (SSSR count). The second kappa shape index (κ2) is 8.53. The van der Waals surface area contributed by atoms with Gasteiger partial charge < -0.3 is 20.4 Å². The number of benzene rings is 1. The largest absolute Gasteiger partial charge is 0.465 e. The zero-order valence-corrected chi connectivity index (χ0v) is 13.0. The SMILES string of the molecule is CCN(CCO)C(=O)CC(NC(=O)O)c1cccc(C(F)(F)F)c1. The second-order valence-corrected chi connectivity index (χ2v) is 5.03. The van der Waals surface area contributed by atoms with Crippen LogP contribution in [0.25, 0.3) is 0 Å². The van der Waals surface area contributed by atoms with Crippen LogP contribution in [0.5, 0.6) is 0 Å². The maximum atomic E-state index is 12.8. The van der Waals surface area contributed by atoms with Crippen molar-refractivity contribution in [2.24, 2.45) is 0 Å². The maximum absolute atomic E-state index is 12.8. The van der Waals surface area contributed by atoms with Gasteiger partial charge in [0.2, 0.25) is 5.91 Å². The molecule has 3 N–H and O–H groups in total. The number of halogens is 3. The van der Waals surface area contributed by atoms with E-state index in [1.54, 1.807) is 6.92 Å². The fourth-order valence-corrected chi connectivity index (χ4v) is 2.22. The average Bonchev–Trinajstić information content (AvgIpc) is 2.50. The van der Waals surface area contributed by atoms with Gasteiger partial charge in [-0.15, -0.1) is 0 Å². The van der Waals surface area contributed by atoms with Crippen LogP contribution in [0.2, 0.25) is 0 Å². The van der Waals surface area contributed by atoms with Gasteiger partial charge in [0.1, 0.15) is 0 Å². The van der Waals surface area contributed by atoms with Crippen molar-refractivity contribution in [3.05, 3.63) is 35.4 Å². The number of carboxylic acid groups (broad SMARTS) is 1. The van der Waals surface area contributed by atoms with E-state index in [0.717, 1.165) is 18.2 Å². The first kappa shape index (κ1) is 19.8. The van der Waals surface area contributed by atoms with E-state index in [4.69, 9.17) is 10.2 Å². The van der Waals surface area contributed by atoms with Crippen LogP contribution in [-0.4, -0.2) is 46.8 Å². The van der Waals surface area contributed by atoms with Crippen LogP contribution in [-0.2, 0) is 11.0 Å². The van der Waals surface area contributed by atoms with Gasteiger partial charge in [0.15, 0.2) is 0 Å². The molecule has 0 heterocycles. The molecule has 0 spiro atoms. The topological polar surface area (TPSA) is 89.9 Å². The molecule has 0 radical (unpaired) electrons. The quantitative estimate of drug-likeness (QED) is 0.705. The van der Waals surface area contributed by atoms with Crippen LogP contribution >= 0.6 is 0 Å². The number of nitrogens with one attached hydrogen (secondary N) is 1. The Labute approximate surface area is 136 Å². The van der Waals surface area contributed by atoms with Crippen molar-refractivity contribution in [2.45, 2.75) is 25.6 Å². The number of rotatable bonds is 7. The van der Waals surface area contributed by atoms with Crippen LogP contribution in [0.3, 0.4) is 0 Å². The summed E-state index contributed by atoms with van der Waals surface area (Å²) in [5.74, 6) is -0.470. The molecule has 0 aliphatic rings. The molecule has 1 atom stereocenters. The van der Waals surface area contributed by atoms with E-state index >= 15 is 0 Å². The molecule has 24 heavy (non-hydrogen) atoms. The highest BCUT2D eigenvalue weighted by Gasteiger charge is 2.31. The minimum absolute atomic E-state index is 0.0422. The fourth-order valence-electron chi connectivity index (χ4n) is 2.22. The van der Waals surface area contributed by atoms with Crippen LogP contribution in [0.4, 0.5) is 18.0 Å². The average molecular weight is 348 g/mol. The lowest BCUT2D eigenvalue weighted by molar-refractivity contribution is -0.137.